The molecule has 2 amide bonds. The van der Waals surface area contributed by atoms with Gasteiger partial charge in [0.25, 0.3) is 0 Å². The molecule has 0 N–H and O–H groups in total. The van der Waals surface area contributed by atoms with E-state index in [2.05, 4.69) is 0 Å². The Morgan fingerprint density at radius 1 is 1.10 bits per heavy atom. The summed E-state index contributed by atoms with van der Waals surface area (Å²) in [7, 11) is 1.51. The third kappa shape index (κ3) is 3.72. The number of amides is 2. The van der Waals surface area contributed by atoms with E-state index in [1.165, 1.54) is 18.1 Å². The smallest absolute Gasteiger partial charge is 0.336 e. The Balaban J connectivity index is 1.38. The average molecular weight is 411 g/mol. The molecule has 1 saturated heterocycles. The second-order valence-electron chi connectivity index (χ2n) is 7.35. The van der Waals surface area contributed by atoms with Gasteiger partial charge in [0, 0.05) is 29.6 Å². The zero-order valence-electron chi connectivity index (χ0n) is 16.5. The number of allylic oxidation sites excluding steroid dienone is 2. The van der Waals surface area contributed by atoms with Gasteiger partial charge in [-0.3, -0.25) is 19.3 Å². The summed E-state index contributed by atoms with van der Waals surface area (Å²) >= 11 is 0. The summed E-state index contributed by atoms with van der Waals surface area (Å²) in [6, 6.07) is 6.29. The molecule has 0 unspecified atom stereocenters. The number of likely N-dealkylation sites (tertiary alicyclic amines) is 1. The van der Waals surface area contributed by atoms with Crippen LogP contribution in [0.1, 0.15) is 24.8 Å². The van der Waals surface area contributed by atoms with E-state index in [4.69, 9.17) is 13.9 Å². The first-order chi connectivity index (χ1) is 14.5. The molecule has 0 radical (unpaired) electrons. The van der Waals surface area contributed by atoms with Gasteiger partial charge in [-0.15, -0.1) is 0 Å². The van der Waals surface area contributed by atoms with Crippen LogP contribution in [-0.4, -0.2) is 36.3 Å². The number of benzene rings is 1. The van der Waals surface area contributed by atoms with Crippen molar-refractivity contribution in [1.29, 1.82) is 0 Å². The number of ether oxygens (including phenoxy) is 2. The number of esters is 1. The number of carbonyl (C=O) groups is 3. The predicted octanol–water partition coefficient (Wildman–Crippen LogP) is 2.19. The fourth-order valence-corrected chi connectivity index (χ4v) is 3.98. The Kier molecular flexibility index (Phi) is 5.39. The molecule has 156 valence electrons. The fourth-order valence-electron chi connectivity index (χ4n) is 3.98. The van der Waals surface area contributed by atoms with E-state index < -0.39 is 11.6 Å². The van der Waals surface area contributed by atoms with Gasteiger partial charge in [0.2, 0.25) is 11.8 Å². The standard InChI is InChI=1S/C22H21NO7/c1-28-14-6-7-15-13(10-20(25)30-18(15)11-14)12-29-19(24)8-9-23-21(26)16-4-2-3-5-17(16)22(23)27/h2-3,6-7,10-11,16-17H,4-5,8-9,12H2,1H3/t16-,17-/m1/s1. The third-order valence-corrected chi connectivity index (χ3v) is 5.56. The van der Waals surface area contributed by atoms with Gasteiger partial charge in [0.1, 0.15) is 17.9 Å². The van der Waals surface area contributed by atoms with E-state index in [9.17, 15) is 19.2 Å². The predicted molar refractivity (Wildman–Crippen MR) is 106 cm³/mol. The molecule has 30 heavy (non-hydrogen) atoms. The molecule has 4 rings (SSSR count). The average Bonchev–Trinajstić information content (AvgIpc) is 3.00. The van der Waals surface area contributed by atoms with Crippen molar-refractivity contribution < 1.29 is 28.3 Å². The summed E-state index contributed by atoms with van der Waals surface area (Å²) in [4.78, 5) is 50.1. The topological polar surface area (TPSA) is 103 Å². The summed E-state index contributed by atoms with van der Waals surface area (Å²) < 4.78 is 15.6. The molecule has 1 aliphatic heterocycles. The first-order valence-electron chi connectivity index (χ1n) is 9.74. The first kappa shape index (κ1) is 19.9. The van der Waals surface area contributed by atoms with Crippen molar-refractivity contribution >= 4 is 28.8 Å². The molecular weight excluding hydrogens is 390 g/mol. The Morgan fingerprint density at radius 2 is 1.80 bits per heavy atom. The summed E-state index contributed by atoms with van der Waals surface area (Å²) in [6.07, 6.45) is 4.85. The molecule has 0 saturated carbocycles. The molecule has 2 aliphatic rings. The van der Waals surface area contributed by atoms with Crippen LogP contribution in [0.2, 0.25) is 0 Å². The van der Waals surface area contributed by atoms with E-state index in [1.54, 1.807) is 18.2 Å². The highest BCUT2D eigenvalue weighted by molar-refractivity contribution is 6.05. The molecule has 1 aromatic heterocycles. The van der Waals surface area contributed by atoms with Gasteiger partial charge in [0.05, 0.1) is 25.4 Å². The quantitative estimate of drug-likeness (QED) is 0.311. The van der Waals surface area contributed by atoms with E-state index >= 15 is 0 Å². The molecule has 1 aromatic carbocycles. The number of hydrogen-bond acceptors (Lipinski definition) is 7. The number of nitrogens with zero attached hydrogens (tertiary/aromatic N) is 1. The number of carbonyl (C=O) groups excluding carboxylic acids is 3. The van der Waals surface area contributed by atoms with Gasteiger partial charge in [0.15, 0.2) is 0 Å². The van der Waals surface area contributed by atoms with E-state index in [0.29, 0.717) is 35.1 Å². The van der Waals surface area contributed by atoms with Crippen LogP contribution in [0.4, 0.5) is 0 Å². The van der Waals surface area contributed by atoms with Crippen molar-refractivity contribution in [2.45, 2.75) is 25.9 Å². The largest absolute Gasteiger partial charge is 0.497 e. The highest BCUT2D eigenvalue weighted by atomic mass is 16.5. The monoisotopic (exact) mass is 411 g/mol. The maximum Gasteiger partial charge on any atom is 0.336 e. The minimum Gasteiger partial charge on any atom is -0.497 e. The number of imide groups is 1. The molecule has 1 fully saturated rings. The molecule has 0 spiro atoms. The lowest BCUT2D eigenvalue weighted by Crippen LogP contribution is -2.33. The van der Waals surface area contributed by atoms with Crippen molar-refractivity contribution in [3.63, 3.8) is 0 Å². The molecule has 1 aliphatic carbocycles. The minimum atomic E-state index is -0.564. The van der Waals surface area contributed by atoms with Crippen LogP contribution in [0.3, 0.4) is 0 Å². The Bertz CT molecular complexity index is 1070. The summed E-state index contributed by atoms with van der Waals surface area (Å²) in [6.45, 7) is -0.122. The maximum atomic E-state index is 12.4. The van der Waals surface area contributed by atoms with Gasteiger partial charge < -0.3 is 13.9 Å². The van der Waals surface area contributed by atoms with Crippen LogP contribution >= 0.6 is 0 Å². The van der Waals surface area contributed by atoms with Crippen molar-refractivity contribution in [1.82, 2.24) is 4.90 Å². The number of methoxy groups -OCH3 is 1. The number of fused-ring (bicyclic) bond motifs is 2. The minimum absolute atomic E-state index is 0.00161. The first-order valence-corrected chi connectivity index (χ1v) is 9.74. The van der Waals surface area contributed by atoms with Crippen molar-refractivity contribution in [2.24, 2.45) is 11.8 Å². The molecular formula is C22H21NO7. The fraction of sp³-hybridized carbons (Fsp3) is 0.364. The lowest BCUT2D eigenvalue weighted by Gasteiger charge is -2.14. The molecule has 2 heterocycles. The summed E-state index contributed by atoms with van der Waals surface area (Å²) in [5, 5.41) is 0.629. The van der Waals surface area contributed by atoms with Gasteiger partial charge in [-0.1, -0.05) is 12.2 Å². The van der Waals surface area contributed by atoms with Crippen molar-refractivity contribution in [3.8, 4) is 5.75 Å². The molecule has 2 aromatic rings. The molecule has 8 nitrogen and oxygen atoms in total. The number of rotatable bonds is 6. The van der Waals surface area contributed by atoms with Crippen LogP contribution in [0, 0.1) is 11.8 Å². The maximum absolute atomic E-state index is 12.4. The third-order valence-electron chi connectivity index (χ3n) is 5.56. The number of hydrogen-bond donors (Lipinski definition) is 0. The van der Waals surface area contributed by atoms with Gasteiger partial charge in [-0.2, -0.15) is 0 Å². The lowest BCUT2D eigenvalue weighted by molar-refractivity contribution is -0.146. The van der Waals surface area contributed by atoms with E-state index in [0.717, 1.165) is 0 Å². The van der Waals surface area contributed by atoms with Crippen LogP contribution in [0.5, 0.6) is 5.75 Å². The highest BCUT2D eigenvalue weighted by Gasteiger charge is 2.46. The van der Waals surface area contributed by atoms with Crippen LogP contribution in [0.15, 0.2) is 45.6 Å². The van der Waals surface area contributed by atoms with E-state index in [1.807, 2.05) is 12.2 Å². The van der Waals surface area contributed by atoms with Crippen LogP contribution in [0.25, 0.3) is 11.0 Å². The van der Waals surface area contributed by atoms with Gasteiger partial charge in [-0.25, -0.2) is 4.79 Å². The van der Waals surface area contributed by atoms with Crippen molar-refractivity contribution in [3.05, 3.63) is 52.4 Å². The zero-order chi connectivity index (χ0) is 21.3. The Morgan fingerprint density at radius 3 is 2.47 bits per heavy atom. The second kappa shape index (κ2) is 8.14. The second-order valence-corrected chi connectivity index (χ2v) is 7.35. The summed E-state index contributed by atoms with van der Waals surface area (Å²) in [5.41, 5.74) is 0.270. The highest BCUT2D eigenvalue weighted by Crippen LogP contribution is 2.35. The lowest BCUT2D eigenvalue weighted by atomic mass is 9.85. The van der Waals surface area contributed by atoms with Gasteiger partial charge in [-0.05, 0) is 25.0 Å². The Labute approximate surface area is 172 Å². The normalized spacial score (nSPS) is 20.5. The SMILES string of the molecule is COc1ccc2c(COC(=O)CCN3C(=O)[C@@H]4CC=CC[C@H]4C3=O)cc(=O)oc2c1. The molecule has 0 bridgehead atoms. The molecule has 2 atom stereocenters. The Hall–Kier alpha value is -3.42. The van der Waals surface area contributed by atoms with Crippen LogP contribution < -0.4 is 10.4 Å². The van der Waals surface area contributed by atoms with Crippen molar-refractivity contribution in [2.75, 3.05) is 13.7 Å². The van der Waals surface area contributed by atoms with E-state index in [-0.39, 0.29) is 43.2 Å². The molecule has 8 heteroatoms. The van der Waals surface area contributed by atoms with Gasteiger partial charge >= 0.3 is 11.6 Å². The summed E-state index contributed by atoms with van der Waals surface area (Å²) in [5.74, 6) is -1.09. The van der Waals surface area contributed by atoms with Crippen LogP contribution in [-0.2, 0) is 25.7 Å². The zero-order valence-corrected chi connectivity index (χ0v) is 16.5.